The van der Waals surface area contributed by atoms with E-state index < -0.39 is 0 Å². The van der Waals surface area contributed by atoms with Crippen molar-refractivity contribution in [2.24, 2.45) is 0 Å². The number of nitrogens with zero attached hydrogens (tertiary/aromatic N) is 2. The van der Waals surface area contributed by atoms with Crippen LogP contribution in [-0.4, -0.2) is 49.8 Å². The molecule has 1 aromatic heterocycles. The minimum Gasteiger partial charge on any atom is -0.378 e. The van der Waals surface area contributed by atoms with Crippen molar-refractivity contribution in [1.82, 2.24) is 15.2 Å². The Kier molecular flexibility index (Phi) is 5.92. The van der Waals surface area contributed by atoms with Crippen LogP contribution in [0.3, 0.4) is 0 Å². The molecule has 1 aliphatic rings. The predicted octanol–water partition coefficient (Wildman–Crippen LogP) is 1.79. The lowest BCUT2D eigenvalue weighted by atomic mass is 10.3. The van der Waals surface area contributed by atoms with Crippen LogP contribution in [0.25, 0.3) is 0 Å². The second-order valence-corrected chi connectivity index (χ2v) is 6.63. The van der Waals surface area contributed by atoms with Gasteiger partial charge in [0.05, 0.1) is 18.9 Å². The fourth-order valence-electron chi connectivity index (χ4n) is 2.15. The van der Waals surface area contributed by atoms with E-state index in [1.165, 1.54) is 4.88 Å². The predicted molar refractivity (Wildman–Crippen MR) is 81.0 cm³/mol. The molecule has 0 aliphatic carbocycles. The van der Waals surface area contributed by atoms with Gasteiger partial charge in [-0.15, -0.1) is 11.3 Å². The Labute approximate surface area is 125 Å². The van der Waals surface area contributed by atoms with Crippen LogP contribution in [0.5, 0.6) is 0 Å². The molecule has 1 aliphatic heterocycles. The summed E-state index contributed by atoms with van der Waals surface area (Å²) in [5, 5.41) is 4.52. The summed E-state index contributed by atoms with van der Waals surface area (Å²) in [6, 6.07) is 0.466. The van der Waals surface area contributed by atoms with Crippen molar-refractivity contribution in [2.75, 3.05) is 33.9 Å². The summed E-state index contributed by atoms with van der Waals surface area (Å²) in [6.45, 7) is 8.39. The number of hydrogen-bond acceptors (Lipinski definition) is 6. The molecule has 0 saturated carbocycles. The van der Waals surface area contributed by atoms with Gasteiger partial charge in [0.1, 0.15) is 11.1 Å². The average Bonchev–Trinajstić information content (AvgIpc) is 2.80. The molecule has 1 atom stereocenters. The first-order chi connectivity index (χ1) is 9.60. The van der Waals surface area contributed by atoms with E-state index in [0.29, 0.717) is 12.6 Å². The second-order valence-electron chi connectivity index (χ2n) is 5.51. The van der Waals surface area contributed by atoms with Crippen molar-refractivity contribution >= 4 is 11.3 Å². The van der Waals surface area contributed by atoms with Crippen LogP contribution in [0, 0.1) is 0 Å². The molecule has 20 heavy (non-hydrogen) atoms. The third kappa shape index (κ3) is 4.23. The highest BCUT2D eigenvalue weighted by Crippen LogP contribution is 2.29. The molecule has 2 heterocycles. The summed E-state index contributed by atoms with van der Waals surface area (Å²) in [5.74, 6) is 0. The Morgan fingerprint density at radius 3 is 3.00 bits per heavy atom. The maximum absolute atomic E-state index is 5.85. The summed E-state index contributed by atoms with van der Waals surface area (Å²) >= 11 is 1.74. The van der Waals surface area contributed by atoms with Crippen molar-refractivity contribution in [2.45, 2.75) is 39.1 Å². The molecule has 0 radical (unpaired) electrons. The minimum atomic E-state index is 0.0992. The SMILES string of the molecule is COCc1nc(C2CN(C)CCO2)sc1CNC(C)C. The van der Waals surface area contributed by atoms with Crippen molar-refractivity contribution in [3.8, 4) is 0 Å². The molecule has 1 fully saturated rings. The number of morpholine rings is 1. The second kappa shape index (κ2) is 7.47. The van der Waals surface area contributed by atoms with E-state index >= 15 is 0 Å². The number of thiazole rings is 1. The van der Waals surface area contributed by atoms with Gasteiger partial charge in [-0.3, -0.25) is 0 Å². The molecule has 6 heteroatoms. The van der Waals surface area contributed by atoms with Crippen molar-refractivity contribution < 1.29 is 9.47 Å². The van der Waals surface area contributed by atoms with Gasteiger partial charge >= 0.3 is 0 Å². The Balaban J connectivity index is 2.10. The highest BCUT2D eigenvalue weighted by molar-refractivity contribution is 7.11. The van der Waals surface area contributed by atoms with E-state index in [1.54, 1.807) is 18.4 Å². The fraction of sp³-hybridized carbons (Fsp3) is 0.786. The molecule has 0 amide bonds. The molecule has 1 unspecified atom stereocenters. The van der Waals surface area contributed by atoms with Gasteiger partial charge in [0, 0.05) is 37.7 Å². The molecule has 5 nitrogen and oxygen atoms in total. The van der Waals surface area contributed by atoms with Gasteiger partial charge in [-0.25, -0.2) is 4.98 Å². The molecular weight excluding hydrogens is 274 g/mol. The number of ether oxygens (including phenoxy) is 2. The number of rotatable bonds is 6. The zero-order valence-corrected chi connectivity index (χ0v) is 13.6. The summed E-state index contributed by atoms with van der Waals surface area (Å²) < 4.78 is 11.1. The van der Waals surface area contributed by atoms with Gasteiger partial charge in [0.15, 0.2) is 0 Å². The molecule has 2 rings (SSSR count). The number of nitrogens with one attached hydrogen (secondary N) is 1. The largest absolute Gasteiger partial charge is 0.378 e. The lowest BCUT2D eigenvalue weighted by Crippen LogP contribution is -2.35. The molecule has 0 bridgehead atoms. The Morgan fingerprint density at radius 1 is 1.55 bits per heavy atom. The smallest absolute Gasteiger partial charge is 0.124 e. The Hall–Kier alpha value is -0.530. The molecule has 1 aromatic rings. The summed E-state index contributed by atoms with van der Waals surface area (Å²) in [7, 11) is 3.84. The van der Waals surface area contributed by atoms with E-state index in [2.05, 4.69) is 31.1 Å². The molecular formula is C14H25N3O2S. The van der Waals surface area contributed by atoms with E-state index in [0.717, 1.165) is 36.9 Å². The van der Waals surface area contributed by atoms with E-state index in [-0.39, 0.29) is 6.10 Å². The zero-order chi connectivity index (χ0) is 14.5. The average molecular weight is 299 g/mol. The van der Waals surface area contributed by atoms with Crippen molar-refractivity contribution in [3.05, 3.63) is 15.6 Å². The normalized spacial score (nSPS) is 20.8. The highest BCUT2D eigenvalue weighted by atomic mass is 32.1. The number of aromatic nitrogens is 1. The van der Waals surface area contributed by atoms with Gasteiger partial charge < -0.3 is 19.7 Å². The highest BCUT2D eigenvalue weighted by Gasteiger charge is 2.24. The van der Waals surface area contributed by atoms with Crippen LogP contribution in [-0.2, 0) is 22.6 Å². The van der Waals surface area contributed by atoms with Crippen LogP contribution in [0.4, 0.5) is 0 Å². The first-order valence-corrected chi connectivity index (χ1v) is 7.92. The summed E-state index contributed by atoms with van der Waals surface area (Å²) in [6.07, 6.45) is 0.0992. The quantitative estimate of drug-likeness (QED) is 0.868. The van der Waals surface area contributed by atoms with E-state index in [1.807, 2.05) is 0 Å². The summed E-state index contributed by atoms with van der Waals surface area (Å²) in [4.78, 5) is 8.28. The van der Waals surface area contributed by atoms with Crippen LogP contribution >= 0.6 is 11.3 Å². The van der Waals surface area contributed by atoms with Crippen molar-refractivity contribution in [1.29, 1.82) is 0 Å². The third-order valence-corrected chi connectivity index (χ3v) is 4.48. The van der Waals surface area contributed by atoms with Crippen LogP contribution in [0.2, 0.25) is 0 Å². The van der Waals surface area contributed by atoms with Gasteiger partial charge in [-0.2, -0.15) is 0 Å². The van der Waals surface area contributed by atoms with Gasteiger partial charge in [0.2, 0.25) is 0 Å². The fourth-order valence-corrected chi connectivity index (χ4v) is 3.21. The lowest BCUT2D eigenvalue weighted by Gasteiger charge is -2.28. The third-order valence-electron chi connectivity index (χ3n) is 3.29. The summed E-state index contributed by atoms with van der Waals surface area (Å²) in [5.41, 5.74) is 1.04. The maximum atomic E-state index is 5.85. The molecule has 0 aromatic carbocycles. The van der Waals surface area contributed by atoms with Crippen LogP contribution in [0.1, 0.15) is 35.5 Å². The van der Waals surface area contributed by atoms with E-state index in [9.17, 15) is 0 Å². The minimum absolute atomic E-state index is 0.0992. The Bertz CT molecular complexity index is 423. The standard InChI is InChI=1S/C14H25N3O2S/c1-10(2)15-7-13-11(9-18-4)16-14(20-13)12-8-17(3)5-6-19-12/h10,12,15H,5-9H2,1-4H3. The number of hydrogen-bond donors (Lipinski definition) is 1. The molecule has 1 saturated heterocycles. The topological polar surface area (TPSA) is 46.6 Å². The monoisotopic (exact) mass is 299 g/mol. The molecule has 1 N–H and O–H groups in total. The number of methoxy groups -OCH3 is 1. The zero-order valence-electron chi connectivity index (χ0n) is 12.8. The Morgan fingerprint density at radius 2 is 2.35 bits per heavy atom. The lowest BCUT2D eigenvalue weighted by molar-refractivity contribution is -0.0211. The first kappa shape index (κ1) is 15.9. The van der Waals surface area contributed by atoms with Crippen LogP contribution in [0.15, 0.2) is 0 Å². The van der Waals surface area contributed by atoms with Gasteiger partial charge in [0.25, 0.3) is 0 Å². The van der Waals surface area contributed by atoms with Crippen LogP contribution < -0.4 is 5.32 Å². The van der Waals surface area contributed by atoms with E-state index in [4.69, 9.17) is 14.5 Å². The number of likely N-dealkylation sites (N-methyl/N-ethyl adjacent to an activating group) is 1. The van der Waals surface area contributed by atoms with Gasteiger partial charge in [-0.1, -0.05) is 13.8 Å². The van der Waals surface area contributed by atoms with Gasteiger partial charge in [-0.05, 0) is 7.05 Å². The molecule has 114 valence electrons. The first-order valence-electron chi connectivity index (χ1n) is 7.11. The van der Waals surface area contributed by atoms with Crippen molar-refractivity contribution in [3.63, 3.8) is 0 Å². The maximum Gasteiger partial charge on any atom is 0.124 e. The molecule has 0 spiro atoms.